The number of alkyl halides is 3. The van der Waals surface area contributed by atoms with Gasteiger partial charge in [-0.25, -0.2) is 18.4 Å². The number of fused-ring (bicyclic) bond motifs is 1. The molecule has 21 heavy (non-hydrogen) atoms. The van der Waals surface area contributed by atoms with E-state index < -0.39 is 22.2 Å². The second-order valence-electron chi connectivity index (χ2n) is 4.07. The summed E-state index contributed by atoms with van der Waals surface area (Å²) < 4.78 is 59.2. The van der Waals surface area contributed by atoms with Gasteiger partial charge in [-0.1, -0.05) is 6.07 Å². The molecule has 1 heterocycles. The second kappa shape index (κ2) is 6.31. The lowest BCUT2D eigenvalue weighted by molar-refractivity contribution is -0.192. The Bertz CT molecular complexity index is 627. The van der Waals surface area contributed by atoms with Crippen molar-refractivity contribution in [3.05, 3.63) is 23.8 Å². The van der Waals surface area contributed by atoms with Crippen LogP contribution in [0.4, 0.5) is 13.2 Å². The van der Waals surface area contributed by atoms with Crippen LogP contribution in [0.2, 0.25) is 0 Å². The topological polar surface area (TPSA) is 107 Å². The van der Waals surface area contributed by atoms with Crippen LogP contribution < -0.4 is 9.88 Å². The maximum atomic E-state index is 11.0. The van der Waals surface area contributed by atoms with Crippen LogP contribution in [0.15, 0.2) is 23.1 Å². The number of hydrogen-bond donors (Lipinski definition) is 2. The number of aryl methyl sites for hydroxylation is 1. The Balaban J connectivity index is 0.000000270. The lowest BCUT2D eigenvalue weighted by atomic mass is 10.1. The molecule has 0 saturated heterocycles. The lowest BCUT2D eigenvalue weighted by Gasteiger charge is -2.17. The molecule has 6 nitrogen and oxygen atoms in total. The number of carboxylic acids is 1. The van der Waals surface area contributed by atoms with Crippen molar-refractivity contribution in [2.45, 2.75) is 23.9 Å². The predicted molar refractivity (Wildman–Crippen MR) is 65.3 cm³/mol. The van der Waals surface area contributed by atoms with E-state index in [1.54, 1.807) is 6.07 Å². The molecule has 0 unspecified atom stereocenters. The molecule has 1 aliphatic heterocycles. The Morgan fingerprint density at radius 3 is 2.38 bits per heavy atom. The van der Waals surface area contributed by atoms with Gasteiger partial charge in [0, 0.05) is 6.07 Å². The summed E-state index contributed by atoms with van der Waals surface area (Å²) in [5, 5.41) is 12.1. The van der Waals surface area contributed by atoms with Gasteiger partial charge in [0.2, 0.25) is 10.0 Å². The molecule has 0 amide bonds. The van der Waals surface area contributed by atoms with Crippen LogP contribution in [-0.2, 0) is 21.2 Å². The predicted octanol–water partition coefficient (Wildman–Crippen LogP) is 1.29. The van der Waals surface area contributed by atoms with Gasteiger partial charge in [-0.15, -0.1) is 0 Å². The van der Waals surface area contributed by atoms with E-state index in [0.717, 1.165) is 18.4 Å². The van der Waals surface area contributed by atoms with E-state index in [-0.39, 0.29) is 4.90 Å². The van der Waals surface area contributed by atoms with Crippen molar-refractivity contribution in [3.63, 3.8) is 0 Å². The van der Waals surface area contributed by atoms with Crippen LogP contribution in [0, 0.1) is 0 Å². The normalized spacial score (nSPS) is 14.3. The number of hydrogen-bond acceptors (Lipinski definition) is 4. The minimum Gasteiger partial charge on any atom is -0.493 e. The highest BCUT2D eigenvalue weighted by atomic mass is 32.2. The Labute approximate surface area is 118 Å². The molecule has 0 bridgehead atoms. The largest absolute Gasteiger partial charge is 0.493 e. The van der Waals surface area contributed by atoms with Crippen LogP contribution in [-0.4, -0.2) is 32.3 Å². The number of carboxylic acid groups (broad SMARTS) is 1. The minimum atomic E-state index is -5.08. The highest BCUT2D eigenvalue weighted by Gasteiger charge is 2.38. The molecule has 0 aromatic heterocycles. The van der Waals surface area contributed by atoms with Crippen molar-refractivity contribution in [1.29, 1.82) is 0 Å². The average molecular weight is 327 g/mol. The summed E-state index contributed by atoms with van der Waals surface area (Å²) >= 11 is 0. The van der Waals surface area contributed by atoms with Crippen molar-refractivity contribution in [2.75, 3.05) is 6.61 Å². The zero-order valence-electron chi connectivity index (χ0n) is 10.6. The summed E-state index contributed by atoms with van der Waals surface area (Å²) in [6.45, 7) is 0.640. The van der Waals surface area contributed by atoms with Gasteiger partial charge in [-0.05, 0) is 24.5 Å². The molecule has 0 spiro atoms. The zero-order valence-corrected chi connectivity index (χ0v) is 11.4. The third-order valence-electron chi connectivity index (χ3n) is 2.46. The first-order valence-corrected chi connectivity index (χ1v) is 7.15. The monoisotopic (exact) mass is 327 g/mol. The third kappa shape index (κ3) is 5.23. The highest BCUT2D eigenvalue weighted by molar-refractivity contribution is 7.89. The first-order valence-electron chi connectivity index (χ1n) is 5.60. The number of benzene rings is 1. The standard InChI is InChI=1S/C9H11NO3S.C2HF3O2/c10-14(11,12)8-4-3-7-2-1-5-13-9(7)6-8;3-2(4,5)1(6)7/h3-4,6H,1-2,5H2,(H2,10,11,12);(H,6,7). The number of aliphatic carboxylic acids is 1. The summed E-state index contributed by atoms with van der Waals surface area (Å²) in [4.78, 5) is 9.01. The first-order chi connectivity index (χ1) is 9.51. The zero-order chi connectivity index (χ0) is 16.3. The fraction of sp³-hybridized carbons (Fsp3) is 0.364. The van der Waals surface area contributed by atoms with Gasteiger partial charge in [0.15, 0.2) is 0 Å². The molecule has 0 atom stereocenters. The van der Waals surface area contributed by atoms with Crippen LogP contribution in [0.3, 0.4) is 0 Å². The second-order valence-corrected chi connectivity index (χ2v) is 5.63. The van der Waals surface area contributed by atoms with Crippen LogP contribution >= 0.6 is 0 Å². The van der Waals surface area contributed by atoms with Gasteiger partial charge < -0.3 is 9.84 Å². The third-order valence-corrected chi connectivity index (χ3v) is 3.37. The summed E-state index contributed by atoms with van der Waals surface area (Å²) in [7, 11) is -3.62. The fourth-order valence-electron chi connectivity index (χ4n) is 1.50. The summed E-state index contributed by atoms with van der Waals surface area (Å²) in [6, 6.07) is 4.76. The number of carbonyl (C=O) groups is 1. The number of primary sulfonamides is 1. The van der Waals surface area contributed by atoms with Gasteiger partial charge in [-0.2, -0.15) is 13.2 Å². The molecular formula is C11H12F3NO5S. The average Bonchev–Trinajstić information content (AvgIpc) is 2.36. The Hall–Kier alpha value is -1.81. The number of halogens is 3. The molecule has 3 N–H and O–H groups in total. The van der Waals surface area contributed by atoms with E-state index in [4.69, 9.17) is 19.8 Å². The molecule has 118 valence electrons. The van der Waals surface area contributed by atoms with E-state index in [9.17, 15) is 21.6 Å². The van der Waals surface area contributed by atoms with Crippen LogP contribution in [0.5, 0.6) is 5.75 Å². The maximum Gasteiger partial charge on any atom is 0.490 e. The van der Waals surface area contributed by atoms with E-state index in [1.165, 1.54) is 12.1 Å². The maximum absolute atomic E-state index is 11.0. The van der Waals surface area contributed by atoms with Gasteiger partial charge in [-0.3, -0.25) is 0 Å². The van der Waals surface area contributed by atoms with E-state index in [0.29, 0.717) is 12.4 Å². The van der Waals surface area contributed by atoms with Crippen LogP contribution in [0.1, 0.15) is 12.0 Å². The highest BCUT2D eigenvalue weighted by Crippen LogP contribution is 2.26. The first kappa shape index (κ1) is 17.2. The van der Waals surface area contributed by atoms with E-state index in [1.807, 2.05) is 0 Å². The fourth-order valence-corrected chi connectivity index (χ4v) is 2.03. The number of rotatable bonds is 1. The lowest BCUT2D eigenvalue weighted by Crippen LogP contribution is -2.21. The molecule has 0 aliphatic carbocycles. The number of nitrogens with two attached hydrogens (primary N) is 1. The molecular weight excluding hydrogens is 315 g/mol. The number of ether oxygens (including phenoxy) is 1. The van der Waals surface area contributed by atoms with E-state index in [2.05, 4.69) is 0 Å². The van der Waals surface area contributed by atoms with E-state index >= 15 is 0 Å². The molecule has 2 rings (SSSR count). The van der Waals surface area contributed by atoms with Crippen molar-refractivity contribution in [3.8, 4) is 5.75 Å². The molecule has 0 fully saturated rings. The molecule has 0 saturated carbocycles. The quantitative estimate of drug-likeness (QED) is 0.808. The van der Waals surface area contributed by atoms with Crippen LogP contribution in [0.25, 0.3) is 0 Å². The summed E-state index contributed by atoms with van der Waals surface area (Å²) in [6.07, 6.45) is -3.18. The van der Waals surface area contributed by atoms with Gasteiger partial charge in [0.05, 0.1) is 11.5 Å². The van der Waals surface area contributed by atoms with Crippen molar-refractivity contribution < 1.29 is 36.2 Å². The molecule has 0 radical (unpaired) electrons. The van der Waals surface area contributed by atoms with Gasteiger partial charge >= 0.3 is 12.1 Å². The Kier molecular flexibility index (Phi) is 5.18. The van der Waals surface area contributed by atoms with Gasteiger partial charge in [0.25, 0.3) is 0 Å². The smallest absolute Gasteiger partial charge is 0.490 e. The summed E-state index contributed by atoms with van der Waals surface area (Å²) in [5.41, 5.74) is 1.05. The SMILES string of the molecule is NS(=O)(=O)c1ccc2c(c1)OCCC2.O=C(O)C(F)(F)F. The van der Waals surface area contributed by atoms with Gasteiger partial charge in [0.1, 0.15) is 5.75 Å². The Morgan fingerprint density at radius 1 is 1.33 bits per heavy atom. The summed E-state index contributed by atoms with van der Waals surface area (Å²) in [5.74, 6) is -2.12. The molecule has 1 aliphatic rings. The van der Waals surface area contributed by atoms with Crippen molar-refractivity contribution >= 4 is 16.0 Å². The molecule has 1 aromatic rings. The van der Waals surface area contributed by atoms with Crippen molar-refractivity contribution in [2.24, 2.45) is 5.14 Å². The molecule has 10 heteroatoms. The minimum absolute atomic E-state index is 0.109. The molecule has 1 aromatic carbocycles. The number of sulfonamides is 1. The van der Waals surface area contributed by atoms with Crippen molar-refractivity contribution in [1.82, 2.24) is 0 Å². The Morgan fingerprint density at radius 2 is 1.90 bits per heavy atom.